The van der Waals surface area contributed by atoms with Crippen LogP contribution < -0.4 is 5.32 Å². The molecule has 16 heavy (non-hydrogen) atoms. The monoisotopic (exact) mass is 223 g/mol. The zero-order chi connectivity index (χ0) is 11.4. The lowest BCUT2D eigenvalue weighted by Crippen LogP contribution is -2.04. The van der Waals surface area contributed by atoms with Crippen molar-refractivity contribution in [3.05, 3.63) is 23.2 Å². The van der Waals surface area contributed by atoms with E-state index in [-0.39, 0.29) is 0 Å². The van der Waals surface area contributed by atoms with Crippen molar-refractivity contribution in [1.29, 1.82) is 0 Å². The summed E-state index contributed by atoms with van der Waals surface area (Å²) in [7, 11) is 1.92. The van der Waals surface area contributed by atoms with Gasteiger partial charge in [0.2, 0.25) is 0 Å². The summed E-state index contributed by atoms with van der Waals surface area (Å²) >= 11 is 0. The smallest absolute Gasteiger partial charge is 0.130 e. The van der Waals surface area contributed by atoms with Gasteiger partial charge in [-0.2, -0.15) is 0 Å². The largest absolute Gasteiger partial charge is 0.462 e. The highest BCUT2D eigenvalue weighted by molar-refractivity contribution is 5.19. The third-order valence-electron chi connectivity index (χ3n) is 3.02. The Hall–Kier alpha value is -0.800. The Kier molecular flexibility index (Phi) is 4.02. The molecule has 0 aromatic carbocycles. The van der Waals surface area contributed by atoms with Gasteiger partial charge in [-0.1, -0.05) is 12.8 Å². The van der Waals surface area contributed by atoms with Gasteiger partial charge in [0.15, 0.2) is 0 Å². The molecule has 1 aromatic heterocycles. The summed E-state index contributed by atoms with van der Waals surface area (Å²) in [6, 6.07) is 2.07. The van der Waals surface area contributed by atoms with Crippen LogP contribution >= 0.6 is 0 Å². The Morgan fingerprint density at radius 2 is 2.31 bits per heavy atom. The summed E-state index contributed by atoms with van der Waals surface area (Å²) in [6.45, 7) is 4.33. The first-order valence-corrected chi connectivity index (χ1v) is 6.10. The second-order valence-corrected chi connectivity index (χ2v) is 4.63. The first-order valence-electron chi connectivity index (χ1n) is 6.10. The van der Waals surface area contributed by atoms with Crippen molar-refractivity contribution in [3.63, 3.8) is 0 Å². The van der Waals surface area contributed by atoms with Crippen LogP contribution in [-0.4, -0.2) is 13.7 Å². The summed E-state index contributed by atoms with van der Waals surface area (Å²) in [5.74, 6) is 2.90. The highest BCUT2D eigenvalue weighted by Gasteiger charge is 2.20. The lowest BCUT2D eigenvalue weighted by atomic mass is 10.2. The van der Waals surface area contributed by atoms with Crippen LogP contribution in [-0.2, 0) is 17.9 Å². The first-order chi connectivity index (χ1) is 7.79. The molecule has 3 heteroatoms. The predicted octanol–water partition coefficient (Wildman–Crippen LogP) is 2.62. The van der Waals surface area contributed by atoms with Crippen molar-refractivity contribution in [2.24, 2.45) is 5.92 Å². The highest BCUT2D eigenvalue weighted by Crippen LogP contribution is 2.32. The Labute approximate surface area is 97.2 Å². The zero-order valence-corrected chi connectivity index (χ0v) is 10.2. The lowest BCUT2D eigenvalue weighted by Gasteiger charge is -2.00. The van der Waals surface area contributed by atoms with Crippen molar-refractivity contribution >= 4 is 0 Å². The van der Waals surface area contributed by atoms with E-state index in [1.54, 1.807) is 0 Å². The summed E-state index contributed by atoms with van der Waals surface area (Å²) in [5, 5.41) is 3.09. The maximum absolute atomic E-state index is 5.69. The molecule has 0 spiro atoms. The van der Waals surface area contributed by atoms with Gasteiger partial charge < -0.3 is 14.5 Å². The molecule has 0 bridgehead atoms. The molecule has 0 unspecified atom stereocenters. The topological polar surface area (TPSA) is 34.4 Å². The molecule has 1 aliphatic rings. The van der Waals surface area contributed by atoms with Crippen molar-refractivity contribution in [3.8, 4) is 0 Å². The number of aryl methyl sites for hydroxylation is 1. The van der Waals surface area contributed by atoms with E-state index in [4.69, 9.17) is 9.15 Å². The fourth-order valence-electron chi connectivity index (χ4n) is 1.83. The number of hydrogen-bond acceptors (Lipinski definition) is 3. The quantitative estimate of drug-likeness (QED) is 0.722. The van der Waals surface area contributed by atoms with Crippen molar-refractivity contribution in [2.45, 2.75) is 39.3 Å². The van der Waals surface area contributed by atoms with Gasteiger partial charge >= 0.3 is 0 Å². The summed E-state index contributed by atoms with van der Waals surface area (Å²) in [5.41, 5.74) is 1.20. The standard InChI is InChI=1S/C13H21NO2/c1-10-7-12(16-13(10)8-14-2)9-15-6-5-11-3-4-11/h7,11,14H,3-6,8-9H2,1-2H3. The molecule has 0 atom stereocenters. The van der Waals surface area contributed by atoms with E-state index in [0.717, 1.165) is 30.6 Å². The van der Waals surface area contributed by atoms with Crippen molar-refractivity contribution in [1.82, 2.24) is 5.32 Å². The molecule has 1 fully saturated rings. The minimum atomic E-state index is 0.608. The minimum Gasteiger partial charge on any atom is -0.462 e. The van der Waals surface area contributed by atoms with Gasteiger partial charge in [0.1, 0.15) is 18.1 Å². The third kappa shape index (κ3) is 3.35. The minimum absolute atomic E-state index is 0.608. The van der Waals surface area contributed by atoms with Crippen LogP contribution in [0.15, 0.2) is 10.5 Å². The maximum Gasteiger partial charge on any atom is 0.130 e. The summed E-state index contributed by atoms with van der Waals surface area (Å²) < 4.78 is 11.3. The van der Waals surface area contributed by atoms with Gasteiger partial charge in [-0.3, -0.25) is 0 Å². The molecule has 1 aliphatic carbocycles. The molecule has 0 amide bonds. The molecule has 1 N–H and O–H groups in total. The summed E-state index contributed by atoms with van der Waals surface area (Å²) in [6.07, 6.45) is 4.01. The Balaban J connectivity index is 1.72. The molecule has 90 valence electrons. The van der Waals surface area contributed by atoms with Gasteiger partial charge in [0, 0.05) is 6.61 Å². The zero-order valence-electron chi connectivity index (χ0n) is 10.2. The van der Waals surface area contributed by atoms with Gasteiger partial charge in [-0.25, -0.2) is 0 Å². The van der Waals surface area contributed by atoms with Crippen LogP contribution in [0, 0.1) is 12.8 Å². The van der Waals surface area contributed by atoms with E-state index in [1.165, 1.54) is 24.8 Å². The molecule has 1 aromatic rings. The molecule has 1 saturated carbocycles. The van der Waals surface area contributed by atoms with Crippen LogP contribution in [0.1, 0.15) is 36.3 Å². The molecule has 1 heterocycles. The molecular formula is C13H21NO2. The molecule has 0 aliphatic heterocycles. The Morgan fingerprint density at radius 3 is 3.00 bits per heavy atom. The number of hydrogen-bond donors (Lipinski definition) is 1. The molecule has 0 radical (unpaired) electrons. The Bertz CT molecular complexity index is 329. The number of furan rings is 1. The van der Waals surface area contributed by atoms with Crippen molar-refractivity contribution in [2.75, 3.05) is 13.7 Å². The number of ether oxygens (including phenoxy) is 1. The average Bonchev–Trinajstić information content (AvgIpc) is 3.01. The van der Waals surface area contributed by atoms with Crippen LogP contribution in [0.5, 0.6) is 0 Å². The number of rotatable bonds is 7. The average molecular weight is 223 g/mol. The molecule has 2 rings (SSSR count). The van der Waals surface area contributed by atoms with Gasteiger partial charge in [-0.05, 0) is 37.9 Å². The van der Waals surface area contributed by atoms with Crippen LogP contribution in [0.25, 0.3) is 0 Å². The van der Waals surface area contributed by atoms with E-state index in [9.17, 15) is 0 Å². The van der Waals surface area contributed by atoms with E-state index >= 15 is 0 Å². The first kappa shape index (κ1) is 11.7. The van der Waals surface area contributed by atoms with Crippen LogP contribution in [0.4, 0.5) is 0 Å². The maximum atomic E-state index is 5.69. The van der Waals surface area contributed by atoms with Crippen molar-refractivity contribution < 1.29 is 9.15 Å². The van der Waals surface area contributed by atoms with E-state index in [0.29, 0.717) is 6.61 Å². The van der Waals surface area contributed by atoms with Gasteiger partial charge in [0.25, 0.3) is 0 Å². The lowest BCUT2D eigenvalue weighted by molar-refractivity contribution is 0.0999. The normalized spacial score (nSPS) is 15.6. The summed E-state index contributed by atoms with van der Waals surface area (Å²) in [4.78, 5) is 0. The van der Waals surface area contributed by atoms with E-state index in [1.807, 2.05) is 7.05 Å². The number of nitrogens with one attached hydrogen (secondary N) is 1. The van der Waals surface area contributed by atoms with Gasteiger partial charge in [-0.15, -0.1) is 0 Å². The van der Waals surface area contributed by atoms with Crippen LogP contribution in [0.3, 0.4) is 0 Å². The molecular weight excluding hydrogens is 202 g/mol. The fourth-order valence-corrected chi connectivity index (χ4v) is 1.83. The Morgan fingerprint density at radius 1 is 1.50 bits per heavy atom. The van der Waals surface area contributed by atoms with E-state index in [2.05, 4.69) is 18.3 Å². The predicted molar refractivity (Wildman–Crippen MR) is 63.2 cm³/mol. The van der Waals surface area contributed by atoms with Crippen LogP contribution in [0.2, 0.25) is 0 Å². The second-order valence-electron chi connectivity index (χ2n) is 4.63. The highest BCUT2D eigenvalue weighted by atomic mass is 16.5. The fraction of sp³-hybridized carbons (Fsp3) is 0.692. The van der Waals surface area contributed by atoms with E-state index < -0.39 is 0 Å². The molecule has 0 saturated heterocycles. The SMILES string of the molecule is CNCc1oc(COCCC2CC2)cc1C. The molecule has 3 nitrogen and oxygen atoms in total. The van der Waals surface area contributed by atoms with Gasteiger partial charge in [0.05, 0.1) is 6.54 Å². The second kappa shape index (κ2) is 5.51. The third-order valence-corrected chi connectivity index (χ3v) is 3.02.